The van der Waals surface area contributed by atoms with Crippen LogP contribution in [0.15, 0.2) is 48.5 Å². The van der Waals surface area contributed by atoms with Crippen LogP contribution < -0.4 is 15.1 Å². The highest BCUT2D eigenvalue weighted by Crippen LogP contribution is 2.20. The molecule has 1 aliphatic heterocycles. The van der Waals surface area contributed by atoms with Crippen molar-refractivity contribution in [1.29, 1.82) is 0 Å². The van der Waals surface area contributed by atoms with Crippen molar-refractivity contribution in [2.24, 2.45) is 0 Å². The zero-order valence-electron chi connectivity index (χ0n) is 20.0. The molecule has 0 atom stereocenters. The van der Waals surface area contributed by atoms with Crippen LogP contribution in [0.3, 0.4) is 0 Å². The summed E-state index contributed by atoms with van der Waals surface area (Å²) in [6.07, 6.45) is 1.07. The number of likely N-dealkylation sites (N-methyl/N-ethyl adjacent to an activating group) is 1. The highest BCUT2D eigenvalue weighted by atomic mass is 16.5. The van der Waals surface area contributed by atoms with Crippen LogP contribution in [0.25, 0.3) is 0 Å². The maximum Gasteiger partial charge on any atom is 0.254 e. The van der Waals surface area contributed by atoms with Gasteiger partial charge < -0.3 is 24.8 Å². The summed E-state index contributed by atoms with van der Waals surface area (Å²) in [4.78, 5) is 31.7. The first-order valence-electron chi connectivity index (χ1n) is 11.9. The molecule has 7 nitrogen and oxygen atoms in total. The molecule has 0 saturated carbocycles. The van der Waals surface area contributed by atoms with Crippen molar-refractivity contribution in [3.8, 4) is 0 Å². The summed E-state index contributed by atoms with van der Waals surface area (Å²) in [6, 6.07) is 15.5. The van der Waals surface area contributed by atoms with E-state index in [0.29, 0.717) is 12.1 Å². The van der Waals surface area contributed by atoms with Gasteiger partial charge in [0.05, 0.1) is 13.2 Å². The van der Waals surface area contributed by atoms with Crippen molar-refractivity contribution in [2.75, 3.05) is 67.6 Å². The van der Waals surface area contributed by atoms with Crippen molar-refractivity contribution in [3.05, 3.63) is 54.1 Å². The van der Waals surface area contributed by atoms with Crippen LogP contribution in [0.2, 0.25) is 0 Å². The molecule has 1 N–H and O–H groups in total. The van der Waals surface area contributed by atoms with E-state index in [4.69, 9.17) is 4.74 Å². The Morgan fingerprint density at radius 2 is 1.61 bits per heavy atom. The van der Waals surface area contributed by atoms with E-state index in [1.807, 2.05) is 55.5 Å². The molecule has 178 valence electrons. The monoisotopic (exact) mass is 452 g/mol. The van der Waals surface area contributed by atoms with Gasteiger partial charge in [-0.3, -0.25) is 9.59 Å². The number of morpholine rings is 1. The smallest absolute Gasteiger partial charge is 0.254 e. The van der Waals surface area contributed by atoms with Crippen LogP contribution in [0.1, 0.15) is 37.6 Å². The number of nitrogens with zero attached hydrogens (tertiary/aromatic N) is 3. The molecular weight excluding hydrogens is 416 g/mol. The maximum atomic E-state index is 13.0. The van der Waals surface area contributed by atoms with Gasteiger partial charge in [-0.25, -0.2) is 0 Å². The fourth-order valence-electron chi connectivity index (χ4n) is 4.02. The SMILES string of the molecule is CCCN(CC)c1ccc(C(=O)N(CC)CC(=O)Nc2ccc(N3CCOCC3)cc2)cc1. The Bertz CT molecular complexity index is 893. The highest BCUT2D eigenvalue weighted by Gasteiger charge is 2.18. The van der Waals surface area contributed by atoms with Crippen molar-refractivity contribution >= 4 is 28.9 Å². The minimum atomic E-state index is -0.207. The van der Waals surface area contributed by atoms with E-state index in [2.05, 4.69) is 29.0 Å². The van der Waals surface area contributed by atoms with Crippen LogP contribution >= 0.6 is 0 Å². The molecule has 0 bridgehead atoms. The van der Waals surface area contributed by atoms with E-state index in [9.17, 15) is 9.59 Å². The average molecular weight is 453 g/mol. The van der Waals surface area contributed by atoms with Crippen LogP contribution in [0.5, 0.6) is 0 Å². The van der Waals surface area contributed by atoms with Gasteiger partial charge in [0, 0.05) is 55.3 Å². The van der Waals surface area contributed by atoms with Gasteiger partial charge in [0.25, 0.3) is 5.91 Å². The number of benzene rings is 2. The standard InChI is InChI=1S/C26H36N4O3/c1-4-15-28(5-2)23-11-7-21(8-12-23)26(32)29(6-3)20-25(31)27-22-9-13-24(14-10-22)30-16-18-33-19-17-30/h7-14H,4-6,15-20H2,1-3H3,(H,27,31). The summed E-state index contributed by atoms with van der Waals surface area (Å²) >= 11 is 0. The molecule has 0 aromatic heterocycles. The minimum Gasteiger partial charge on any atom is -0.378 e. The third-order valence-corrected chi connectivity index (χ3v) is 5.89. The van der Waals surface area contributed by atoms with E-state index in [1.54, 1.807) is 4.90 Å². The first-order chi connectivity index (χ1) is 16.0. The Kier molecular flexibility index (Phi) is 9.13. The summed E-state index contributed by atoms with van der Waals surface area (Å²) in [5, 5.41) is 2.91. The van der Waals surface area contributed by atoms with Gasteiger partial charge in [0.1, 0.15) is 6.54 Å². The molecule has 7 heteroatoms. The zero-order valence-corrected chi connectivity index (χ0v) is 20.0. The Hall–Kier alpha value is -3.06. The molecule has 1 heterocycles. The van der Waals surface area contributed by atoms with E-state index in [-0.39, 0.29) is 18.4 Å². The summed E-state index contributed by atoms with van der Waals surface area (Å²) < 4.78 is 5.39. The van der Waals surface area contributed by atoms with E-state index < -0.39 is 0 Å². The topological polar surface area (TPSA) is 65.1 Å². The maximum absolute atomic E-state index is 13.0. The number of hydrogen-bond donors (Lipinski definition) is 1. The number of rotatable bonds is 10. The van der Waals surface area contributed by atoms with Gasteiger partial charge >= 0.3 is 0 Å². The molecule has 1 saturated heterocycles. The molecule has 1 fully saturated rings. The predicted molar refractivity (Wildman–Crippen MR) is 134 cm³/mol. The predicted octanol–water partition coefficient (Wildman–Crippen LogP) is 3.86. The second-order valence-electron chi connectivity index (χ2n) is 8.14. The van der Waals surface area contributed by atoms with Crippen LogP contribution in [-0.4, -0.2) is 69.2 Å². The quantitative estimate of drug-likeness (QED) is 0.593. The normalized spacial score (nSPS) is 13.5. The Labute approximate surface area is 197 Å². The third-order valence-electron chi connectivity index (χ3n) is 5.89. The van der Waals surface area contributed by atoms with Crippen molar-refractivity contribution in [1.82, 2.24) is 4.90 Å². The zero-order chi connectivity index (χ0) is 23.6. The second kappa shape index (κ2) is 12.3. The largest absolute Gasteiger partial charge is 0.378 e. The summed E-state index contributed by atoms with van der Waals surface area (Å²) in [5.41, 5.74) is 3.54. The molecular formula is C26H36N4O3. The Balaban J connectivity index is 1.57. The Morgan fingerprint density at radius 1 is 0.939 bits per heavy atom. The van der Waals surface area contributed by atoms with Crippen molar-refractivity contribution in [3.63, 3.8) is 0 Å². The van der Waals surface area contributed by atoms with Crippen molar-refractivity contribution < 1.29 is 14.3 Å². The van der Waals surface area contributed by atoms with E-state index >= 15 is 0 Å². The number of carbonyl (C=O) groups excluding carboxylic acids is 2. The lowest BCUT2D eigenvalue weighted by atomic mass is 10.1. The lowest BCUT2D eigenvalue weighted by Gasteiger charge is -2.29. The number of nitrogens with one attached hydrogen (secondary N) is 1. The van der Waals surface area contributed by atoms with Gasteiger partial charge in [-0.15, -0.1) is 0 Å². The lowest BCUT2D eigenvalue weighted by molar-refractivity contribution is -0.116. The number of anilines is 3. The second-order valence-corrected chi connectivity index (χ2v) is 8.14. The molecule has 2 aromatic carbocycles. The Morgan fingerprint density at radius 3 is 2.18 bits per heavy atom. The van der Waals surface area contributed by atoms with Gasteiger partial charge in [0.15, 0.2) is 0 Å². The first kappa shape index (κ1) is 24.6. The van der Waals surface area contributed by atoms with Crippen LogP contribution in [0, 0.1) is 0 Å². The van der Waals surface area contributed by atoms with E-state index in [0.717, 1.165) is 62.9 Å². The van der Waals surface area contributed by atoms with E-state index in [1.165, 1.54) is 0 Å². The van der Waals surface area contributed by atoms with Crippen LogP contribution in [0.4, 0.5) is 17.1 Å². The van der Waals surface area contributed by atoms with Crippen molar-refractivity contribution in [2.45, 2.75) is 27.2 Å². The fraction of sp³-hybridized carbons (Fsp3) is 0.462. The molecule has 2 aromatic rings. The molecule has 3 rings (SSSR count). The molecule has 0 spiro atoms. The molecule has 33 heavy (non-hydrogen) atoms. The fourth-order valence-corrected chi connectivity index (χ4v) is 4.02. The summed E-state index contributed by atoms with van der Waals surface area (Å²) in [7, 11) is 0. The average Bonchev–Trinajstić information content (AvgIpc) is 2.86. The molecule has 2 amide bonds. The van der Waals surface area contributed by atoms with Gasteiger partial charge in [-0.1, -0.05) is 6.92 Å². The van der Waals surface area contributed by atoms with Crippen LogP contribution in [-0.2, 0) is 9.53 Å². The summed E-state index contributed by atoms with van der Waals surface area (Å²) in [6.45, 7) is 11.8. The molecule has 0 radical (unpaired) electrons. The highest BCUT2D eigenvalue weighted by molar-refractivity contribution is 5.99. The molecule has 0 aliphatic carbocycles. The number of ether oxygens (including phenoxy) is 1. The summed E-state index contributed by atoms with van der Waals surface area (Å²) in [5.74, 6) is -0.346. The van der Waals surface area contributed by atoms with Gasteiger partial charge in [-0.2, -0.15) is 0 Å². The molecule has 0 unspecified atom stereocenters. The number of hydrogen-bond acceptors (Lipinski definition) is 5. The lowest BCUT2D eigenvalue weighted by Crippen LogP contribution is -2.38. The number of carbonyl (C=O) groups is 2. The minimum absolute atomic E-state index is 0.0131. The van der Waals surface area contributed by atoms with Gasteiger partial charge in [-0.05, 0) is 68.8 Å². The third kappa shape index (κ3) is 6.71. The molecule has 1 aliphatic rings. The number of amides is 2. The first-order valence-corrected chi connectivity index (χ1v) is 11.9. The van der Waals surface area contributed by atoms with Gasteiger partial charge in [0.2, 0.25) is 5.91 Å².